The van der Waals surface area contributed by atoms with Crippen molar-refractivity contribution < 1.29 is 18.9 Å². The Balaban J connectivity index is 0.000000221. The van der Waals surface area contributed by atoms with Crippen molar-refractivity contribution in [3.05, 3.63) is 60.7 Å². The van der Waals surface area contributed by atoms with Crippen LogP contribution in [0.5, 0.6) is 0 Å². The first kappa shape index (κ1) is 16.6. The Morgan fingerprint density at radius 1 is 0.850 bits per heavy atom. The third-order valence-electron chi connectivity index (χ3n) is 2.23. The molecule has 4 nitrogen and oxygen atoms in total. The Labute approximate surface area is 119 Å². The molecule has 2 aromatic rings. The molecule has 0 saturated carbocycles. The van der Waals surface area contributed by atoms with E-state index in [-0.39, 0.29) is 0 Å². The van der Waals surface area contributed by atoms with Crippen LogP contribution < -0.4 is 0 Å². The molecule has 108 valence electrons. The smallest absolute Gasteiger partial charge is 0.303 e. The quantitative estimate of drug-likeness (QED) is 0.844. The van der Waals surface area contributed by atoms with Crippen LogP contribution in [0.15, 0.2) is 60.7 Å². The maximum absolute atomic E-state index is 9.91. The number of phosphoric acid groups is 1. The van der Waals surface area contributed by atoms with Gasteiger partial charge in [0.25, 0.3) is 0 Å². The van der Waals surface area contributed by atoms with Crippen molar-refractivity contribution in [1.29, 1.82) is 0 Å². The Morgan fingerprint density at radius 3 is 1.40 bits per heavy atom. The zero-order valence-electron chi connectivity index (χ0n) is 11.5. The maximum Gasteiger partial charge on any atom is 0.469 e. The second kappa shape index (κ2) is 7.98. The summed E-state index contributed by atoms with van der Waals surface area (Å²) in [5, 5.41) is 0. The lowest BCUT2D eigenvalue weighted by molar-refractivity contribution is 0.156. The van der Waals surface area contributed by atoms with Gasteiger partial charge in [0.2, 0.25) is 0 Å². The molecule has 0 aliphatic carbocycles. The monoisotopic (exact) mass is 294 g/mol. The van der Waals surface area contributed by atoms with Crippen molar-refractivity contribution in [3.8, 4) is 11.1 Å². The number of rotatable bonds is 3. The molecule has 0 spiro atoms. The molecule has 0 saturated heterocycles. The lowest BCUT2D eigenvalue weighted by Gasteiger charge is -2.06. The van der Waals surface area contributed by atoms with Crippen LogP contribution in [0, 0.1) is 0 Å². The van der Waals surface area contributed by atoms with Gasteiger partial charge in [0.15, 0.2) is 0 Å². The van der Waals surface area contributed by atoms with Gasteiger partial charge in [-0.25, -0.2) is 4.57 Å². The molecule has 0 unspecified atom stereocenters. The fraction of sp³-hybridized carbons (Fsp3) is 0.200. The highest BCUT2D eigenvalue weighted by Crippen LogP contribution is 2.37. The number of hydrogen-bond acceptors (Lipinski definition) is 2. The van der Waals surface area contributed by atoms with Crippen molar-refractivity contribution in [2.75, 3.05) is 0 Å². The van der Waals surface area contributed by atoms with E-state index < -0.39 is 13.9 Å². The Morgan fingerprint density at radius 2 is 1.20 bits per heavy atom. The van der Waals surface area contributed by atoms with Crippen molar-refractivity contribution in [2.45, 2.75) is 20.0 Å². The van der Waals surface area contributed by atoms with Gasteiger partial charge in [-0.2, -0.15) is 0 Å². The molecule has 0 aliphatic rings. The lowest BCUT2D eigenvalue weighted by Crippen LogP contribution is -1.98. The third-order valence-corrected chi connectivity index (χ3v) is 2.93. The topological polar surface area (TPSA) is 66.8 Å². The Bertz CT molecular complexity index is 497. The van der Waals surface area contributed by atoms with Crippen molar-refractivity contribution in [1.82, 2.24) is 0 Å². The molecule has 20 heavy (non-hydrogen) atoms. The van der Waals surface area contributed by atoms with Gasteiger partial charge in [0.05, 0.1) is 6.10 Å². The summed E-state index contributed by atoms with van der Waals surface area (Å²) in [5.41, 5.74) is 2.55. The second-order valence-electron chi connectivity index (χ2n) is 4.38. The van der Waals surface area contributed by atoms with E-state index >= 15 is 0 Å². The Hall–Kier alpha value is -1.45. The van der Waals surface area contributed by atoms with E-state index in [1.165, 1.54) is 11.1 Å². The zero-order valence-corrected chi connectivity index (χ0v) is 12.4. The van der Waals surface area contributed by atoms with Gasteiger partial charge in [0, 0.05) is 0 Å². The van der Waals surface area contributed by atoms with E-state index in [1.807, 2.05) is 12.1 Å². The largest absolute Gasteiger partial charge is 0.469 e. The molecule has 0 radical (unpaired) electrons. The van der Waals surface area contributed by atoms with E-state index in [0.717, 1.165) is 0 Å². The van der Waals surface area contributed by atoms with E-state index in [4.69, 9.17) is 9.79 Å². The van der Waals surface area contributed by atoms with Crippen LogP contribution in [-0.2, 0) is 9.09 Å². The molecular weight excluding hydrogens is 275 g/mol. The molecule has 0 amide bonds. The van der Waals surface area contributed by atoms with Gasteiger partial charge >= 0.3 is 7.82 Å². The highest BCUT2D eigenvalue weighted by molar-refractivity contribution is 7.46. The fourth-order valence-corrected chi connectivity index (χ4v) is 2.09. The molecule has 0 atom stereocenters. The molecule has 2 N–H and O–H groups in total. The third kappa shape index (κ3) is 7.22. The minimum absolute atomic E-state index is 0.421. The van der Waals surface area contributed by atoms with Crippen LogP contribution in [0.1, 0.15) is 13.8 Å². The van der Waals surface area contributed by atoms with Crippen LogP contribution in [-0.4, -0.2) is 15.9 Å². The maximum atomic E-state index is 9.91. The first-order valence-corrected chi connectivity index (χ1v) is 7.76. The summed E-state index contributed by atoms with van der Waals surface area (Å²) < 4.78 is 14.0. The molecule has 5 heteroatoms. The van der Waals surface area contributed by atoms with Crippen LogP contribution in [0.4, 0.5) is 0 Å². The number of phosphoric ester groups is 1. The summed E-state index contributed by atoms with van der Waals surface area (Å²) >= 11 is 0. The highest BCUT2D eigenvalue weighted by Gasteiger charge is 2.14. The molecular formula is C15H19O4P. The van der Waals surface area contributed by atoms with Gasteiger partial charge in [0.1, 0.15) is 0 Å². The van der Waals surface area contributed by atoms with E-state index in [0.29, 0.717) is 0 Å². The average Bonchev–Trinajstić information content (AvgIpc) is 2.39. The van der Waals surface area contributed by atoms with Crippen LogP contribution in [0.25, 0.3) is 11.1 Å². The molecule has 2 rings (SSSR count). The first-order chi connectivity index (χ1) is 9.38. The second-order valence-corrected chi connectivity index (χ2v) is 5.57. The van der Waals surface area contributed by atoms with Gasteiger partial charge < -0.3 is 9.79 Å². The van der Waals surface area contributed by atoms with Crippen molar-refractivity contribution in [2.24, 2.45) is 0 Å². The summed E-state index contributed by atoms with van der Waals surface area (Å²) in [4.78, 5) is 16.2. The summed E-state index contributed by atoms with van der Waals surface area (Å²) in [7, 11) is -4.22. The molecule has 2 aromatic carbocycles. The van der Waals surface area contributed by atoms with Gasteiger partial charge in [-0.3, -0.25) is 4.52 Å². The Kier molecular flexibility index (Phi) is 6.62. The SMILES string of the molecule is CC(C)OP(=O)(O)O.c1ccc(-c2ccccc2)cc1. The van der Waals surface area contributed by atoms with Gasteiger partial charge in [-0.15, -0.1) is 0 Å². The van der Waals surface area contributed by atoms with Crippen molar-refractivity contribution >= 4 is 7.82 Å². The number of benzene rings is 2. The van der Waals surface area contributed by atoms with Crippen LogP contribution in [0.3, 0.4) is 0 Å². The minimum Gasteiger partial charge on any atom is -0.303 e. The lowest BCUT2D eigenvalue weighted by atomic mass is 10.1. The molecule has 0 bridgehead atoms. The van der Waals surface area contributed by atoms with Gasteiger partial charge in [-0.1, -0.05) is 60.7 Å². The van der Waals surface area contributed by atoms with Gasteiger partial charge in [-0.05, 0) is 25.0 Å². The van der Waals surface area contributed by atoms with Crippen molar-refractivity contribution in [3.63, 3.8) is 0 Å². The predicted octanol–water partition coefficient (Wildman–Crippen LogP) is 3.86. The molecule has 0 heterocycles. The van der Waals surface area contributed by atoms with E-state index in [9.17, 15) is 4.57 Å². The van der Waals surface area contributed by atoms with E-state index in [2.05, 4.69) is 53.1 Å². The summed E-state index contributed by atoms with van der Waals surface area (Å²) in [6.45, 7) is 3.11. The summed E-state index contributed by atoms with van der Waals surface area (Å²) in [6, 6.07) is 20.8. The minimum atomic E-state index is -4.22. The predicted molar refractivity (Wildman–Crippen MR) is 80.1 cm³/mol. The normalized spacial score (nSPS) is 10.8. The van der Waals surface area contributed by atoms with Crippen LogP contribution in [0.2, 0.25) is 0 Å². The first-order valence-electron chi connectivity index (χ1n) is 6.23. The van der Waals surface area contributed by atoms with Crippen LogP contribution >= 0.6 is 7.82 Å². The summed E-state index contributed by atoms with van der Waals surface area (Å²) in [5.74, 6) is 0. The van der Waals surface area contributed by atoms with E-state index in [1.54, 1.807) is 13.8 Å². The standard InChI is InChI=1S/C12H10.C3H9O4P/c1-3-7-11(8-4-1)12-9-5-2-6-10-12;1-3(2)7-8(4,5)6/h1-10H;3H,1-2H3,(H2,4,5,6). The molecule has 0 fully saturated rings. The number of hydrogen-bond donors (Lipinski definition) is 2. The summed E-state index contributed by atoms with van der Waals surface area (Å²) in [6.07, 6.45) is -0.421. The highest BCUT2D eigenvalue weighted by atomic mass is 31.2. The average molecular weight is 294 g/mol. The molecule has 0 aliphatic heterocycles. The zero-order chi connectivity index (χ0) is 15.0. The molecule has 0 aromatic heterocycles. The fourth-order valence-electron chi connectivity index (χ4n) is 1.54.